The molecule has 5 nitrogen and oxygen atoms in total. The fourth-order valence-electron chi connectivity index (χ4n) is 2.96. The molecule has 0 bridgehead atoms. The van der Waals surface area contributed by atoms with E-state index in [0.717, 1.165) is 5.56 Å². The van der Waals surface area contributed by atoms with Gasteiger partial charge < -0.3 is 15.2 Å². The summed E-state index contributed by atoms with van der Waals surface area (Å²) in [6.07, 6.45) is 0.0229. The summed E-state index contributed by atoms with van der Waals surface area (Å²) < 4.78 is 19.3. The maximum Gasteiger partial charge on any atom is 0.335 e. The van der Waals surface area contributed by atoms with Crippen molar-refractivity contribution >= 4 is 23.5 Å². The molecule has 1 saturated heterocycles. The smallest absolute Gasteiger partial charge is 0.335 e. The number of ether oxygens (including phenoxy) is 1. The molecule has 0 aliphatic carbocycles. The van der Waals surface area contributed by atoms with E-state index in [2.05, 4.69) is 5.32 Å². The Morgan fingerprint density at radius 1 is 1.23 bits per heavy atom. The molecule has 2 aromatic rings. The zero-order chi connectivity index (χ0) is 18.7. The zero-order valence-corrected chi connectivity index (χ0v) is 14.5. The summed E-state index contributed by atoms with van der Waals surface area (Å²) >= 11 is 5.70. The Hall–Kier alpha value is -2.44. The second-order valence-electron chi connectivity index (χ2n) is 6.08. The summed E-state index contributed by atoms with van der Waals surface area (Å²) in [6.45, 7) is 0.692. The second kappa shape index (κ2) is 7.85. The highest BCUT2D eigenvalue weighted by Gasteiger charge is 2.35. The number of hydrogen-bond donors (Lipinski definition) is 2. The molecule has 0 unspecified atom stereocenters. The fraction of sp³-hybridized carbons (Fsp3) is 0.263. The van der Waals surface area contributed by atoms with Crippen molar-refractivity contribution < 1.29 is 23.8 Å². The van der Waals surface area contributed by atoms with Crippen molar-refractivity contribution in [3.63, 3.8) is 0 Å². The minimum absolute atomic E-state index is 0.0255. The average molecular weight is 378 g/mol. The molecular formula is C19H17ClFNO4. The van der Waals surface area contributed by atoms with E-state index in [4.69, 9.17) is 21.4 Å². The molecule has 2 atom stereocenters. The molecule has 1 aliphatic rings. The van der Waals surface area contributed by atoms with Crippen molar-refractivity contribution in [2.24, 2.45) is 5.92 Å². The number of carboxylic acid groups (broad SMARTS) is 1. The number of nitrogens with one attached hydrogen (secondary N) is 1. The highest BCUT2D eigenvalue weighted by Crippen LogP contribution is 2.35. The third-order valence-electron chi connectivity index (χ3n) is 4.37. The molecule has 3 rings (SSSR count). The van der Waals surface area contributed by atoms with Crippen LogP contribution in [0.2, 0.25) is 5.02 Å². The highest BCUT2D eigenvalue weighted by atomic mass is 35.5. The molecule has 0 aromatic heterocycles. The van der Waals surface area contributed by atoms with E-state index in [-0.39, 0.29) is 23.0 Å². The van der Waals surface area contributed by atoms with Crippen molar-refractivity contribution in [3.05, 3.63) is 70.0 Å². The predicted molar refractivity (Wildman–Crippen MR) is 93.5 cm³/mol. The maximum absolute atomic E-state index is 13.7. The van der Waals surface area contributed by atoms with Gasteiger partial charge in [0, 0.05) is 13.2 Å². The van der Waals surface area contributed by atoms with Crippen molar-refractivity contribution in [2.45, 2.75) is 19.1 Å². The fourth-order valence-corrected chi connectivity index (χ4v) is 3.08. The van der Waals surface area contributed by atoms with Crippen LogP contribution in [0.3, 0.4) is 0 Å². The van der Waals surface area contributed by atoms with E-state index in [1.54, 1.807) is 18.2 Å². The topological polar surface area (TPSA) is 75.6 Å². The lowest BCUT2D eigenvalue weighted by Gasteiger charge is -2.19. The largest absolute Gasteiger partial charge is 0.478 e. The summed E-state index contributed by atoms with van der Waals surface area (Å²) in [6, 6.07) is 10.7. The molecule has 1 fully saturated rings. The van der Waals surface area contributed by atoms with Gasteiger partial charge >= 0.3 is 5.97 Å². The Morgan fingerprint density at radius 2 is 1.96 bits per heavy atom. The summed E-state index contributed by atoms with van der Waals surface area (Å²) in [7, 11) is 0. The lowest BCUT2D eigenvalue weighted by Crippen LogP contribution is -2.32. The highest BCUT2D eigenvalue weighted by molar-refractivity contribution is 6.30. The van der Waals surface area contributed by atoms with Crippen LogP contribution < -0.4 is 5.32 Å². The van der Waals surface area contributed by atoms with Crippen molar-refractivity contribution in [3.8, 4) is 0 Å². The van der Waals surface area contributed by atoms with Gasteiger partial charge in [-0.1, -0.05) is 29.8 Å². The molecule has 136 valence electrons. The van der Waals surface area contributed by atoms with E-state index >= 15 is 0 Å². The van der Waals surface area contributed by atoms with Crippen LogP contribution in [0, 0.1) is 11.7 Å². The van der Waals surface area contributed by atoms with Crippen molar-refractivity contribution in [1.82, 2.24) is 5.32 Å². The lowest BCUT2D eigenvalue weighted by atomic mass is 9.94. The Bertz CT molecular complexity index is 825. The van der Waals surface area contributed by atoms with Gasteiger partial charge in [-0.25, -0.2) is 9.18 Å². The molecule has 2 N–H and O–H groups in total. The van der Waals surface area contributed by atoms with E-state index < -0.39 is 23.8 Å². The number of hydrogen-bond acceptors (Lipinski definition) is 3. The van der Waals surface area contributed by atoms with Crippen molar-refractivity contribution in [1.29, 1.82) is 0 Å². The van der Waals surface area contributed by atoms with Gasteiger partial charge in [-0.3, -0.25) is 4.79 Å². The summed E-state index contributed by atoms with van der Waals surface area (Å²) in [5.41, 5.74) is 1.56. The molecule has 0 spiro atoms. The first-order chi connectivity index (χ1) is 12.5. The second-order valence-corrected chi connectivity index (χ2v) is 6.49. The Balaban J connectivity index is 1.64. The van der Waals surface area contributed by atoms with Crippen LogP contribution in [0.1, 0.15) is 34.0 Å². The van der Waals surface area contributed by atoms with Crippen LogP contribution in [-0.2, 0) is 16.1 Å². The molecule has 1 aliphatic heterocycles. The Labute approximate surface area is 154 Å². The first-order valence-electron chi connectivity index (χ1n) is 8.12. The van der Waals surface area contributed by atoms with Crippen molar-refractivity contribution in [2.75, 3.05) is 6.61 Å². The number of halogens is 2. The summed E-state index contributed by atoms with van der Waals surface area (Å²) in [4.78, 5) is 23.4. The van der Waals surface area contributed by atoms with Crippen LogP contribution in [0.5, 0.6) is 0 Å². The number of rotatable bonds is 5. The van der Waals surface area contributed by atoms with Crippen LogP contribution in [0.25, 0.3) is 0 Å². The van der Waals surface area contributed by atoms with Gasteiger partial charge in [-0.15, -0.1) is 0 Å². The first kappa shape index (κ1) is 18.4. The lowest BCUT2D eigenvalue weighted by molar-refractivity contribution is -0.127. The molecular weight excluding hydrogens is 361 g/mol. The van der Waals surface area contributed by atoms with Gasteiger partial charge in [0.15, 0.2) is 0 Å². The van der Waals surface area contributed by atoms with Gasteiger partial charge in [0.1, 0.15) is 5.82 Å². The monoisotopic (exact) mass is 377 g/mol. The van der Waals surface area contributed by atoms with Crippen LogP contribution in [-0.4, -0.2) is 23.6 Å². The molecule has 7 heteroatoms. The van der Waals surface area contributed by atoms with E-state index in [9.17, 15) is 14.0 Å². The van der Waals surface area contributed by atoms with Gasteiger partial charge in [-0.05, 0) is 41.8 Å². The molecule has 0 radical (unpaired) electrons. The van der Waals surface area contributed by atoms with Gasteiger partial charge in [0.05, 0.1) is 22.6 Å². The van der Waals surface area contributed by atoms with Gasteiger partial charge in [-0.2, -0.15) is 0 Å². The van der Waals surface area contributed by atoms with Gasteiger partial charge in [0.25, 0.3) is 0 Å². The standard InChI is InChI=1S/C19H17ClFNO4/c20-15-6-5-13(9-16(15)21)17-14(7-8-26-17)18(23)22-10-11-1-3-12(4-2-11)19(24)25/h1-6,9,14,17H,7-8,10H2,(H,22,23)(H,24,25)/t14-,17+/m1/s1. The Morgan fingerprint density at radius 3 is 2.62 bits per heavy atom. The third kappa shape index (κ3) is 4.03. The number of benzene rings is 2. The number of carboxylic acids is 1. The number of aromatic carboxylic acids is 1. The van der Waals surface area contributed by atoms with Crippen LogP contribution in [0.15, 0.2) is 42.5 Å². The third-order valence-corrected chi connectivity index (χ3v) is 4.67. The maximum atomic E-state index is 13.7. The van der Waals surface area contributed by atoms with Gasteiger partial charge in [0.2, 0.25) is 5.91 Å². The number of carbonyl (C=O) groups is 2. The molecule has 26 heavy (non-hydrogen) atoms. The minimum Gasteiger partial charge on any atom is -0.478 e. The quantitative estimate of drug-likeness (QED) is 0.835. The average Bonchev–Trinajstić information content (AvgIpc) is 3.12. The SMILES string of the molecule is O=C(O)c1ccc(CNC(=O)[C@@H]2CCO[C@H]2c2ccc(Cl)c(F)c2)cc1. The predicted octanol–water partition coefficient (Wildman–Crippen LogP) is 3.57. The normalized spacial score (nSPS) is 19.3. The van der Waals surface area contributed by atoms with Crippen LogP contribution in [0.4, 0.5) is 4.39 Å². The number of amides is 1. The molecule has 0 saturated carbocycles. The first-order valence-corrected chi connectivity index (χ1v) is 8.50. The molecule has 2 aromatic carbocycles. The minimum atomic E-state index is -0.998. The van der Waals surface area contributed by atoms with Crippen LogP contribution >= 0.6 is 11.6 Å². The van der Waals surface area contributed by atoms with E-state index in [1.165, 1.54) is 24.3 Å². The zero-order valence-electron chi connectivity index (χ0n) is 13.7. The summed E-state index contributed by atoms with van der Waals surface area (Å²) in [5.74, 6) is -2.15. The Kier molecular flexibility index (Phi) is 5.54. The molecule has 1 amide bonds. The van der Waals surface area contributed by atoms with E-state index in [1.807, 2.05) is 0 Å². The number of carbonyl (C=O) groups excluding carboxylic acids is 1. The molecule has 1 heterocycles. The summed E-state index contributed by atoms with van der Waals surface area (Å²) in [5, 5.41) is 11.7. The van der Waals surface area contributed by atoms with E-state index in [0.29, 0.717) is 18.6 Å².